The Morgan fingerprint density at radius 3 is 2.49 bits per heavy atom. The second-order valence-electron chi connectivity index (χ2n) is 7.90. The van der Waals surface area contributed by atoms with Crippen LogP contribution in [0, 0.1) is 11.7 Å². The highest BCUT2D eigenvalue weighted by molar-refractivity contribution is 6.31. The van der Waals surface area contributed by atoms with Crippen molar-refractivity contribution in [2.45, 2.75) is 32.5 Å². The number of ether oxygens (including phenoxy) is 3. The lowest BCUT2D eigenvalue weighted by atomic mass is 10.0. The van der Waals surface area contributed by atoms with Crippen molar-refractivity contribution in [2.24, 2.45) is 5.92 Å². The molecule has 0 aliphatic rings. The molecule has 0 saturated heterocycles. The Hall–Kier alpha value is -3.65. The SMILES string of the molecule is COc1ccnc(C(=O)C[C@@H](C)C(=O)O[C@@H](C)[C@H](Oc2ccccc2)c2ccc(F)cc2Cl)c1O. The standard InChI is InChI=1S/C26H25ClFNO6/c1-15(13-21(30)23-24(31)22(33-3)11-12-29-23)26(32)34-16(2)25(35-18-7-5-4-6-8-18)19-10-9-17(28)14-20(19)27/h4-12,14-16,25,31H,13H2,1-3H3/t15-,16+,25+/m1/s1. The van der Waals surface area contributed by atoms with Crippen LogP contribution in [0.3, 0.4) is 0 Å². The Bertz CT molecular complexity index is 1190. The van der Waals surface area contributed by atoms with Crippen molar-refractivity contribution in [3.63, 3.8) is 0 Å². The molecule has 3 aromatic rings. The van der Waals surface area contributed by atoms with Crippen molar-refractivity contribution < 1.29 is 33.3 Å². The highest BCUT2D eigenvalue weighted by atomic mass is 35.5. The molecule has 0 bridgehead atoms. The van der Waals surface area contributed by atoms with E-state index in [0.717, 1.165) is 6.07 Å². The number of esters is 1. The summed E-state index contributed by atoms with van der Waals surface area (Å²) in [5.41, 5.74) is 0.242. The molecule has 35 heavy (non-hydrogen) atoms. The van der Waals surface area contributed by atoms with E-state index in [1.165, 1.54) is 38.4 Å². The van der Waals surface area contributed by atoms with Gasteiger partial charge in [-0.25, -0.2) is 9.37 Å². The van der Waals surface area contributed by atoms with Crippen molar-refractivity contribution >= 4 is 23.4 Å². The number of aromatic nitrogens is 1. The minimum Gasteiger partial charge on any atom is -0.503 e. The number of aromatic hydroxyl groups is 1. The molecule has 1 heterocycles. The summed E-state index contributed by atoms with van der Waals surface area (Å²) >= 11 is 6.26. The Morgan fingerprint density at radius 1 is 1.11 bits per heavy atom. The number of methoxy groups -OCH3 is 1. The predicted octanol–water partition coefficient (Wildman–Crippen LogP) is 5.55. The number of hydrogen-bond acceptors (Lipinski definition) is 7. The molecule has 0 saturated carbocycles. The first-order valence-electron chi connectivity index (χ1n) is 10.8. The lowest BCUT2D eigenvalue weighted by molar-refractivity contribution is -0.157. The average molecular weight is 502 g/mol. The molecule has 0 radical (unpaired) electrons. The van der Waals surface area contributed by atoms with E-state index in [0.29, 0.717) is 11.3 Å². The molecule has 0 aliphatic carbocycles. The Labute approximate surface area is 207 Å². The van der Waals surface area contributed by atoms with Crippen molar-refractivity contribution in [1.82, 2.24) is 4.98 Å². The van der Waals surface area contributed by atoms with Crippen LogP contribution in [0.2, 0.25) is 5.02 Å². The van der Waals surface area contributed by atoms with E-state index in [1.807, 2.05) is 6.07 Å². The van der Waals surface area contributed by atoms with Crippen molar-refractivity contribution in [2.75, 3.05) is 7.11 Å². The molecule has 1 N–H and O–H groups in total. The maximum atomic E-state index is 13.6. The van der Waals surface area contributed by atoms with E-state index in [2.05, 4.69) is 4.98 Å². The third-order valence-electron chi connectivity index (χ3n) is 5.27. The predicted molar refractivity (Wildman–Crippen MR) is 127 cm³/mol. The first-order chi connectivity index (χ1) is 16.7. The van der Waals surface area contributed by atoms with Crippen LogP contribution >= 0.6 is 11.6 Å². The van der Waals surface area contributed by atoms with Gasteiger partial charge in [0.1, 0.15) is 17.7 Å². The van der Waals surface area contributed by atoms with E-state index >= 15 is 0 Å². The molecule has 7 nitrogen and oxygen atoms in total. The molecule has 3 rings (SSSR count). The fourth-order valence-electron chi connectivity index (χ4n) is 3.41. The van der Waals surface area contributed by atoms with Crippen molar-refractivity contribution in [1.29, 1.82) is 0 Å². The molecule has 0 fully saturated rings. The van der Waals surface area contributed by atoms with Gasteiger partial charge in [0, 0.05) is 24.2 Å². The molecule has 3 atom stereocenters. The van der Waals surface area contributed by atoms with Gasteiger partial charge in [0.25, 0.3) is 0 Å². The smallest absolute Gasteiger partial charge is 0.309 e. The molecule has 0 amide bonds. The number of para-hydroxylation sites is 1. The van der Waals surface area contributed by atoms with Gasteiger partial charge >= 0.3 is 5.97 Å². The Kier molecular flexibility index (Phi) is 8.65. The number of pyridine rings is 1. The number of rotatable bonds is 10. The molecular formula is C26H25ClFNO6. The molecule has 184 valence electrons. The first kappa shape index (κ1) is 26.0. The second-order valence-corrected chi connectivity index (χ2v) is 8.31. The summed E-state index contributed by atoms with van der Waals surface area (Å²) in [4.78, 5) is 29.4. The number of Topliss-reactive ketones (excluding diaryl/α,β-unsaturated/α-hetero) is 1. The number of halogens is 2. The van der Waals surface area contributed by atoms with E-state index in [1.54, 1.807) is 31.2 Å². The summed E-state index contributed by atoms with van der Waals surface area (Å²) in [6.45, 7) is 3.15. The molecule has 2 aromatic carbocycles. The van der Waals surface area contributed by atoms with E-state index < -0.39 is 41.4 Å². The van der Waals surface area contributed by atoms with Gasteiger partial charge in [0.2, 0.25) is 0 Å². The quantitative estimate of drug-likeness (QED) is 0.287. The third kappa shape index (κ3) is 6.48. The number of hydrogen-bond donors (Lipinski definition) is 1. The number of ketones is 1. The zero-order chi connectivity index (χ0) is 25.5. The van der Waals surface area contributed by atoms with Gasteiger partial charge in [-0.15, -0.1) is 0 Å². The summed E-state index contributed by atoms with van der Waals surface area (Å²) in [6, 6.07) is 14.1. The van der Waals surface area contributed by atoms with Crippen LogP contribution < -0.4 is 9.47 Å². The topological polar surface area (TPSA) is 95.0 Å². The van der Waals surface area contributed by atoms with Crippen LogP contribution in [-0.4, -0.2) is 35.1 Å². The normalized spacial score (nSPS) is 13.4. The van der Waals surface area contributed by atoms with Gasteiger partial charge in [-0.1, -0.05) is 42.8 Å². The first-order valence-corrected chi connectivity index (χ1v) is 11.2. The van der Waals surface area contributed by atoms with Gasteiger partial charge < -0.3 is 19.3 Å². The van der Waals surface area contributed by atoms with Crippen LogP contribution in [0.25, 0.3) is 0 Å². The second kappa shape index (κ2) is 11.7. The highest BCUT2D eigenvalue weighted by Crippen LogP contribution is 2.33. The van der Waals surface area contributed by atoms with Gasteiger partial charge in [-0.05, 0) is 31.2 Å². The minimum absolute atomic E-state index is 0.101. The third-order valence-corrected chi connectivity index (χ3v) is 5.60. The number of benzene rings is 2. The van der Waals surface area contributed by atoms with Gasteiger partial charge in [-0.3, -0.25) is 9.59 Å². The summed E-state index contributed by atoms with van der Waals surface area (Å²) in [5.74, 6) is -2.35. The van der Waals surface area contributed by atoms with E-state index in [9.17, 15) is 19.1 Å². The average Bonchev–Trinajstić information content (AvgIpc) is 2.83. The number of carbonyl (C=O) groups excluding carboxylic acids is 2. The largest absolute Gasteiger partial charge is 0.503 e. The summed E-state index contributed by atoms with van der Waals surface area (Å²) in [7, 11) is 1.35. The maximum Gasteiger partial charge on any atom is 0.309 e. The number of carbonyl (C=O) groups is 2. The molecule has 0 spiro atoms. The summed E-state index contributed by atoms with van der Waals surface area (Å²) in [5, 5.41) is 10.3. The van der Waals surface area contributed by atoms with Crippen LogP contribution in [-0.2, 0) is 9.53 Å². The van der Waals surface area contributed by atoms with Gasteiger partial charge in [0.05, 0.1) is 18.1 Å². The fourth-order valence-corrected chi connectivity index (χ4v) is 3.69. The summed E-state index contributed by atoms with van der Waals surface area (Å²) in [6.07, 6.45) is -0.608. The minimum atomic E-state index is -0.849. The van der Waals surface area contributed by atoms with Gasteiger partial charge in [0.15, 0.2) is 29.1 Å². The molecule has 0 unspecified atom stereocenters. The molecule has 0 aliphatic heterocycles. The molecular weight excluding hydrogens is 477 g/mol. The zero-order valence-corrected chi connectivity index (χ0v) is 20.2. The maximum absolute atomic E-state index is 13.6. The Balaban J connectivity index is 1.75. The lowest BCUT2D eigenvalue weighted by Crippen LogP contribution is -2.30. The summed E-state index contributed by atoms with van der Waals surface area (Å²) < 4.78 is 30.3. The molecule has 1 aromatic heterocycles. The monoisotopic (exact) mass is 501 g/mol. The molecule has 9 heteroatoms. The zero-order valence-electron chi connectivity index (χ0n) is 19.4. The van der Waals surface area contributed by atoms with Gasteiger partial charge in [-0.2, -0.15) is 0 Å². The van der Waals surface area contributed by atoms with Crippen molar-refractivity contribution in [3.05, 3.63) is 82.9 Å². The highest BCUT2D eigenvalue weighted by Gasteiger charge is 2.30. The van der Waals surface area contributed by atoms with Crippen LogP contribution in [0.4, 0.5) is 4.39 Å². The van der Waals surface area contributed by atoms with E-state index in [4.69, 9.17) is 25.8 Å². The van der Waals surface area contributed by atoms with Crippen LogP contribution in [0.15, 0.2) is 60.8 Å². The van der Waals surface area contributed by atoms with Crippen molar-refractivity contribution in [3.8, 4) is 17.2 Å². The van der Waals surface area contributed by atoms with Crippen LogP contribution in [0.5, 0.6) is 17.2 Å². The lowest BCUT2D eigenvalue weighted by Gasteiger charge is -2.27. The van der Waals surface area contributed by atoms with Crippen LogP contribution in [0.1, 0.15) is 42.4 Å². The van der Waals surface area contributed by atoms with E-state index in [-0.39, 0.29) is 22.9 Å². The Morgan fingerprint density at radius 2 is 1.83 bits per heavy atom. The number of nitrogens with zero attached hydrogens (tertiary/aromatic N) is 1. The fraction of sp³-hybridized carbons (Fsp3) is 0.269.